The van der Waals surface area contributed by atoms with Gasteiger partial charge in [0.25, 0.3) is 0 Å². The van der Waals surface area contributed by atoms with Gasteiger partial charge >= 0.3 is 0 Å². The van der Waals surface area contributed by atoms with Gasteiger partial charge in [0.15, 0.2) is 0 Å². The van der Waals surface area contributed by atoms with Crippen molar-refractivity contribution in [1.82, 2.24) is 9.80 Å². The highest BCUT2D eigenvalue weighted by Crippen LogP contribution is 2.23. The number of likely N-dealkylation sites (N-methyl/N-ethyl adjacent to an activating group) is 1. The zero-order valence-electron chi connectivity index (χ0n) is 11.9. The molecule has 0 N–H and O–H groups in total. The third-order valence-electron chi connectivity index (χ3n) is 4.18. The van der Waals surface area contributed by atoms with Gasteiger partial charge < -0.3 is 4.90 Å². The summed E-state index contributed by atoms with van der Waals surface area (Å²) in [7, 11) is 2.14. The first kappa shape index (κ1) is 14.0. The van der Waals surface area contributed by atoms with E-state index in [1.54, 1.807) is 0 Å². The van der Waals surface area contributed by atoms with Gasteiger partial charge in [-0.15, -0.1) is 0 Å². The number of benzene rings is 1. The molecule has 0 radical (unpaired) electrons. The molecule has 1 heterocycles. The predicted octanol–water partition coefficient (Wildman–Crippen LogP) is 2.67. The summed E-state index contributed by atoms with van der Waals surface area (Å²) < 4.78 is 0. The monoisotopic (exact) mass is 257 g/mol. The Morgan fingerprint density at radius 3 is 2.74 bits per heavy atom. The van der Waals surface area contributed by atoms with E-state index in [1.807, 2.05) is 0 Å². The Labute approximate surface area is 116 Å². The minimum absolute atomic E-state index is 0.360. The van der Waals surface area contributed by atoms with Crippen LogP contribution in [0.2, 0.25) is 0 Å². The lowest BCUT2D eigenvalue weighted by atomic mass is 10.1. The summed E-state index contributed by atoms with van der Waals surface area (Å²) in [5.41, 5.74) is 1.36. The molecule has 0 aromatic heterocycles. The van der Waals surface area contributed by atoms with E-state index in [-0.39, 0.29) is 0 Å². The third kappa shape index (κ3) is 3.56. The molecule has 2 unspecified atom stereocenters. The molecule has 1 aromatic carbocycles. The van der Waals surface area contributed by atoms with Crippen LogP contribution in [0.4, 0.5) is 0 Å². The van der Waals surface area contributed by atoms with Gasteiger partial charge in [-0.3, -0.25) is 4.90 Å². The number of nitriles is 1. The Balaban J connectivity index is 2.09. The van der Waals surface area contributed by atoms with Crippen LogP contribution in [0.3, 0.4) is 0 Å². The van der Waals surface area contributed by atoms with Gasteiger partial charge in [-0.25, -0.2) is 0 Å². The van der Waals surface area contributed by atoms with Gasteiger partial charge in [0, 0.05) is 25.2 Å². The Kier molecular flexibility index (Phi) is 4.95. The van der Waals surface area contributed by atoms with Gasteiger partial charge in [0.1, 0.15) is 0 Å². The molecule has 3 heteroatoms. The van der Waals surface area contributed by atoms with Crippen molar-refractivity contribution in [2.24, 2.45) is 0 Å². The topological polar surface area (TPSA) is 30.3 Å². The molecule has 1 saturated heterocycles. The van der Waals surface area contributed by atoms with E-state index in [2.05, 4.69) is 60.2 Å². The molecule has 0 bridgehead atoms. The van der Waals surface area contributed by atoms with E-state index in [0.717, 1.165) is 19.6 Å². The van der Waals surface area contributed by atoms with Crippen molar-refractivity contribution in [1.29, 1.82) is 5.26 Å². The molecule has 0 amide bonds. The highest BCUT2D eigenvalue weighted by Gasteiger charge is 2.25. The summed E-state index contributed by atoms with van der Waals surface area (Å²) >= 11 is 0. The van der Waals surface area contributed by atoms with Gasteiger partial charge in [-0.1, -0.05) is 30.3 Å². The smallest absolute Gasteiger partial charge is 0.0638 e. The van der Waals surface area contributed by atoms with Crippen molar-refractivity contribution < 1.29 is 0 Å². The zero-order valence-corrected chi connectivity index (χ0v) is 11.9. The zero-order chi connectivity index (χ0) is 13.7. The minimum atomic E-state index is 0.360. The van der Waals surface area contributed by atoms with Crippen LogP contribution in [-0.2, 0) is 0 Å². The summed E-state index contributed by atoms with van der Waals surface area (Å²) in [5, 5.41) is 8.97. The summed E-state index contributed by atoms with van der Waals surface area (Å²) in [5.74, 6) is 0. The van der Waals surface area contributed by atoms with Crippen molar-refractivity contribution in [2.45, 2.75) is 31.8 Å². The molecule has 1 fully saturated rings. The second kappa shape index (κ2) is 6.70. The van der Waals surface area contributed by atoms with Crippen LogP contribution in [0, 0.1) is 11.3 Å². The van der Waals surface area contributed by atoms with Crippen LogP contribution in [0.5, 0.6) is 0 Å². The number of nitrogens with zero attached hydrogens (tertiary/aromatic N) is 3. The molecule has 2 rings (SSSR count). The average Bonchev–Trinajstić information content (AvgIpc) is 2.62. The van der Waals surface area contributed by atoms with Gasteiger partial charge in [0.05, 0.1) is 12.5 Å². The lowest BCUT2D eigenvalue weighted by molar-refractivity contribution is 0.175. The van der Waals surface area contributed by atoms with Crippen LogP contribution in [0.25, 0.3) is 0 Å². The first-order valence-corrected chi connectivity index (χ1v) is 7.08. The summed E-state index contributed by atoms with van der Waals surface area (Å²) in [6.07, 6.45) is 1.80. The number of rotatable bonds is 3. The molecule has 0 spiro atoms. The largest absolute Gasteiger partial charge is 0.301 e. The van der Waals surface area contributed by atoms with E-state index >= 15 is 0 Å². The third-order valence-corrected chi connectivity index (χ3v) is 4.18. The Hall–Kier alpha value is -1.37. The summed E-state index contributed by atoms with van der Waals surface area (Å²) in [6, 6.07) is 13.8. The fourth-order valence-corrected chi connectivity index (χ4v) is 2.83. The van der Waals surface area contributed by atoms with Gasteiger partial charge in [-0.05, 0) is 32.5 Å². The second-order valence-electron chi connectivity index (χ2n) is 5.43. The van der Waals surface area contributed by atoms with Crippen molar-refractivity contribution in [2.75, 3.05) is 26.7 Å². The maximum absolute atomic E-state index is 8.97. The van der Waals surface area contributed by atoms with Crippen LogP contribution >= 0.6 is 0 Å². The average molecular weight is 257 g/mol. The quantitative estimate of drug-likeness (QED) is 0.834. The highest BCUT2D eigenvalue weighted by molar-refractivity contribution is 5.18. The van der Waals surface area contributed by atoms with Gasteiger partial charge in [-0.2, -0.15) is 5.26 Å². The normalized spacial score (nSPS) is 23.5. The Bertz CT molecular complexity index is 423. The molecule has 3 nitrogen and oxygen atoms in total. The second-order valence-corrected chi connectivity index (χ2v) is 5.43. The fraction of sp³-hybridized carbons (Fsp3) is 0.562. The molecule has 0 aliphatic carbocycles. The van der Waals surface area contributed by atoms with E-state index < -0.39 is 0 Å². The molecular formula is C16H23N3. The molecule has 19 heavy (non-hydrogen) atoms. The van der Waals surface area contributed by atoms with Crippen molar-refractivity contribution in [3.05, 3.63) is 35.9 Å². The lowest BCUT2D eigenvalue weighted by Crippen LogP contribution is -2.39. The van der Waals surface area contributed by atoms with Crippen LogP contribution in [0.1, 0.15) is 31.4 Å². The molecule has 1 aliphatic rings. The molecule has 0 saturated carbocycles. The summed E-state index contributed by atoms with van der Waals surface area (Å²) in [4.78, 5) is 4.85. The summed E-state index contributed by atoms with van der Waals surface area (Å²) in [6.45, 7) is 5.46. The van der Waals surface area contributed by atoms with E-state index in [1.165, 1.54) is 12.0 Å². The minimum Gasteiger partial charge on any atom is -0.301 e. The highest BCUT2D eigenvalue weighted by atomic mass is 15.2. The van der Waals surface area contributed by atoms with Crippen molar-refractivity contribution >= 4 is 0 Å². The number of hydrogen-bond donors (Lipinski definition) is 0. The van der Waals surface area contributed by atoms with Gasteiger partial charge in [0.2, 0.25) is 0 Å². The van der Waals surface area contributed by atoms with E-state index in [9.17, 15) is 0 Å². The molecule has 2 atom stereocenters. The predicted molar refractivity (Wildman–Crippen MR) is 77.7 cm³/mol. The van der Waals surface area contributed by atoms with Crippen molar-refractivity contribution in [3.8, 4) is 6.07 Å². The fourth-order valence-electron chi connectivity index (χ4n) is 2.83. The SMILES string of the molecule is CC(c1ccccc1)N1CCCN(C)C(CC#N)C1. The number of hydrogen-bond acceptors (Lipinski definition) is 3. The maximum atomic E-state index is 8.97. The Morgan fingerprint density at radius 2 is 2.05 bits per heavy atom. The van der Waals surface area contributed by atoms with Crippen molar-refractivity contribution in [3.63, 3.8) is 0 Å². The molecular weight excluding hydrogens is 234 g/mol. The van der Waals surface area contributed by atoms with Crippen LogP contribution in [0.15, 0.2) is 30.3 Å². The van der Waals surface area contributed by atoms with E-state index in [4.69, 9.17) is 5.26 Å². The van der Waals surface area contributed by atoms with Crippen LogP contribution < -0.4 is 0 Å². The molecule has 1 aliphatic heterocycles. The Morgan fingerprint density at radius 1 is 1.32 bits per heavy atom. The first-order valence-electron chi connectivity index (χ1n) is 7.08. The van der Waals surface area contributed by atoms with E-state index in [0.29, 0.717) is 18.5 Å². The maximum Gasteiger partial charge on any atom is 0.0638 e. The van der Waals surface area contributed by atoms with Crippen LogP contribution in [-0.4, -0.2) is 42.5 Å². The molecule has 1 aromatic rings. The first-order chi connectivity index (χ1) is 9.22. The standard InChI is InChI=1S/C16H23N3/c1-14(15-7-4-3-5-8-15)19-12-6-11-18(2)16(13-19)9-10-17/h3-5,7-8,14,16H,6,9,11-13H2,1-2H3. The lowest BCUT2D eigenvalue weighted by Gasteiger charge is -2.31. The molecule has 102 valence electrons.